The lowest BCUT2D eigenvalue weighted by Gasteiger charge is -2.41. The first-order chi connectivity index (χ1) is 21.2. The first-order valence-electron chi connectivity index (χ1n) is 14.8. The van der Waals surface area contributed by atoms with E-state index in [-0.39, 0.29) is 16.5 Å². The zero-order valence-electron chi connectivity index (χ0n) is 25.6. The summed E-state index contributed by atoms with van der Waals surface area (Å²) in [6, 6.07) is 9.92. The number of halogens is 1. The van der Waals surface area contributed by atoms with Gasteiger partial charge >= 0.3 is 0 Å². The highest BCUT2D eigenvalue weighted by Gasteiger charge is 2.27. The fraction of sp³-hybridized carbons (Fsp3) is 0.467. The second-order valence-electron chi connectivity index (χ2n) is 10.9. The van der Waals surface area contributed by atoms with Crippen molar-refractivity contribution in [2.75, 3.05) is 80.0 Å². The zero-order chi connectivity index (χ0) is 31.3. The molecule has 0 atom stereocenters. The third kappa shape index (κ3) is 7.57. The van der Waals surface area contributed by atoms with Crippen molar-refractivity contribution in [1.29, 1.82) is 0 Å². The molecule has 2 aliphatic rings. The molecule has 2 fully saturated rings. The second-order valence-corrected chi connectivity index (χ2v) is 13.1. The number of nitrogens with one attached hydrogen (secondary N) is 4. The van der Waals surface area contributed by atoms with Crippen LogP contribution in [0.4, 0.5) is 34.5 Å². The molecule has 2 aliphatic heterocycles. The first kappa shape index (κ1) is 31.9. The summed E-state index contributed by atoms with van der Waals surface area (Å²) in [6.07, 6.45) is 5.70. The Morgan fingerprint density at radius 3 is 2.41 bits per heavy atom. The standard InChI is InChI=1S/C30H41ClN8O4S/c1-5-20-17-24(27(43-3)18-25(20)39-13-9-21(10-14-39)38-15-11-32-12-16-38)35-30-33-19-22(31)29(36-30)34-23-7-6-8-26(42-2)28(23)37-44(4,40)41/h6-8,17-19,21,32,37H,5,9-16H2,1-4H3,(H2,33,34,35,36). The van der Waals surface area contributed by atoms with Crippen molar-refractivity contribution in [3.8, 4) is 11.5 Å². The van der Waals surface area contributed by atoms with Gasteiger partial charge in [-0.3, -0.25) is 9.62 Å². The molecule has 44 heavy (non-hydrogen) atoms. The normalized spacial score (nSPS) is 16.4. The molecule has 0 saturated carbocycles. The summed E-state index contributed by atoms with van der Waals surface area (Å²) in [6.45, 7) is 8.56. The number of anilines is 6. The van der Waals surface area contributed by atoms with Gasteiger partial charge in [-0.1, -0.05) is 24.6 Å². The van der Waals surface area contributed by atoms with Crippen LogP contribution in [0, 0.1) is 0 Å². The molecule has 1 aromatic heterocycles. The van der Waals surface area contributed by atoms with Crippen molar-refractivity contribution >= 4 is 56.1 Å². The predicted molar refractivity (Wildman–Crippen MR) is 177 cm³/mol. The molecule has 12 nitrogen and oxygen atoms in total. The first-order valence-corrected chi connectivity index (χ1v) is 17.1. The van der Waals surface area contributed by atoms with Gasteiger partial charge in [0.2, 0.25) is 16.0 Å². The Hall–Kier alpha value is -3.52. The Labute approximate surface area is 264 Å². The monoisotopic (exact) mass is 644 g/mol. The number of piperidine rings is 1. The molecule has 3 aromatic rings. The molecule has 2 aromatic carbocycles. The summed E-state index contributed by atoms with van der Waals surface area (Å²) in [7, 11) is -0.470. The molecular formula is C30H41ClN8O4S. The van der Waals surface area contributed by atoms with Gasteiger partial charge in [0.1, 0.15) is 22.2 Å². The molecule has 0 radical (unpaired) electrons. The van der Waals surface area contributed by atoms with E-state index in [4.69, 9.17) is 21.1 Å². The molecule has 0 bridgehead atoms. The highest BCUT2D eigenvalue weighted by atomic mass is 35.5. The van der Waals surface area contributed by atoms with Gasteiger partial charge in [0.05, 0.1) is 38.0 Å². The molecule has 238 valence electrons. The Kier molecular flexibility index (Phi) is 10.2. The van der Waals surface area contributed by atoms with Crippen LogP contribution in [0.3, 0.4) is 0 Å². The van der Waals surface area contributed by atoms with E-state index in [9.17, 15) is 8.42 Å². The molecule has 3 heterocycles. The van der Waals surface area contributed by atoms with Crippen molar-refractivity contribution in [2.24, 2.45) is 0 Å². The minimum atomic E-state index is -3.59. The molecule has 14 heteroatoms. The summed E-state index contributed by atoms with van der Waals surface area (Å²) in [5.74, 6) is 1.60. The van der Waals surface area contributed by atoms with Gasteiger partial charge in [0.15, 0.2) is 5.82 Å². The fourth-order valence-electron chi connectivity index (χ4n) is 5.84. The van der Waals surface area contributed by atoms with Gasteiger partial charge in [-0.15, -0.1) is 0 Å². The van der Waals surface area contributed by atoms with E-state index in [2.05, 4.69) is 59.5 Å². The van der Waals surface area contributed by atoms with Crippen LogP contribution in [0.15, 0.2) is 36.5 Å². The molecule has 0 unspecified atom stereocenters. The van der Waals surface area contributed by atoms with E-state index in [1.807, 2.05) is 0 Å². The van der Waals surface area contributed by atoms with Crippen molar-refractivity contribution in [3.63, 3.8) is 0 Å². The summed E-state index contributed by atoms with van der Waals surface area (Å²) < 4.78 is 37.8. The minimum absolute atomic E-state index is 0.239. The number of hydrogen-bond donors (Lipinski definition) is 4. The van der Waals surface area contributed by atoms with Crippen LogP contribution < -0.4 is 35.0 Å². The van der Waals surface area contributed by atoms with Crippen LogP contribution in [0.2, 0.25) is 5.02 Å². The molecule has 0 spiro atoms. The van der Waals surface area contributed by atoms with Gasteiger partial charge in [0, 0.05) is 57.1 Å². The van der Waals surface area contributed by atoms with Crippen LogP contribution in [0.25, 0.3) is 0 Å². The number of methoxy groups -OCH3 is 2. The number of ether oxygens (including phenoxy) is 2. The number of para-hydroxylation sites is 1. The highest BCUT2D eigenvalue weighted by molar-refractivity contribution is 7.92. The maximum absolute atomic E-state index is 12.0. The van der Waals surface area contributed by atoms with Crippen LogP contribution in [0.5, 0.6) is 11.5 Å². The predicted octanol–water partition coefficient (Wildman–Crippen LogP) is 4.44. The summed E-state index contributed by atoms with van der Waals surface area (Å²) in [5.41, 5.74) is 3.78. The van der Waals surface area contributed by atoms with Gasteiger partial charge in [-0.05, 0) is 43.0 Å². The van der Waals surface area contributed by atoms with Crippen LogP contribution in [0.1, 0.15) is 25.3 Å². The zero-order valence-corrected chi connectivity index (χ0v) is 27.2. The van der Waals surface area contributed by atoms with Crippen molar-refractivity contribution in [3.05, 3.63) is 47.1 Å². The van der Waals surface area contributed by atoms with Gasteiger partial charge < -0.3 is 30.3 Å². The average Bonchev–Trinajstić information content (AvgIpc) is 3.03. The SMILES string of the molecule is CCc1cc(Nc2ncc(Cl)c(Nc3cccc(OC)c3NS(C)(=O)=O)n2)c(OC)cc1N1CCC(N2CCNCC2)CC1. The summed E-state index contributed by atoms with van der Waals surface area (Å²) in [5, 5.41) is 10.1. The Morgan fingerprint density at radius 1 is 1.02 bits per heavy atom. The molecule has 2 saturated heterocycles. The Morgan fingerprint density at radius 2 is 1.75 bits per heavy atom. The molecule has 0 aliphatic carbocycles. The quantitative estimate of drug-likeness (QED) is 0.236. The summed E-state index contributed by atoms with van der Waals surface area (Å²) >= 11 is 6.46. The lowest BCUT2D eigenvalue weighted by atomic mass is 9.99. The number of sulfonamides is 1. The number of aromatic nitrogens is 2. The lowest BCUT2D eigenvalue weighted by molar-refractivity contribution is 0.150. The number of nitrogens with zero attached hydrogens (tertiary/aromatic N) is 4. The van der Waals surface area contributed by atoms with E-state index in [1.54, 1.807) is 25.3 Å². The smallest absolute Gasteiger partial charge is 0.230 e. The number of piperazine rings is 1. The van der Waals surface area contributed by atoms with E-state index < -0.39 is 10.0 Å². The van der Waals surface area contributed by atoms with Crippen LogP contribution in [-0.4, -0.2) is 89.1 Å². The molecule has 5 rings (SSSR count). The van der Waals surface area contributed by atoms with Gasteiger partial charge in [0.25, 0.3) is 0 Å². The third-order valence-electron chi connectivity index (χ3n) is 8.03. The third-order valence-corrected chi connectivity index (χ3v) is 8.88. The van der Waals surface area contributed by atoms with Crippen LogP contribution >= 0.6 is 11.6 Å². The number of aryl methyl sites for hydroxylation is 1. The number of rotatable bonds is 11. The minimum Gasteiger partial charge on any atom is -0.494 e. The van der Waals surface area contributed by atoms with E-state index >= 15 is 0 Å². The molecule has 0 amide bonds. The van der Waals surface area contributed by atoms with Crippen LogP contribution in [-0.2, 0) is 16.4 Å². The maximum atomic E-state index is 12.0. The molecular weight excluding hydrogens is 604 g/mol. The Bertz CT molecular complexity index is 1560. The van der Waals surface area contributed by atoms with E-state index in [0.717, 1.165) is 70.5 Å². The van der Waals surface area contributed by atoms with E-state index in [1.165, 1.54) is 24.6 Å². The lowest BCUT2D eigenvalue weighted by Crippen LogP contribution is -2.52. The number of hydrogen-bond acceptors (Lipinski definition) is 11. The largest absolute Gasteiger partial charge is 0.494 e. The summed E-state index contributed by atoms with van der Waals surface area (Å²) in [4.78, 5) is 14.1. The molecule has 4 N–H and O–H groups in total. The average molecular weight is 645 g/mol. The van der Waals surface area contributed by atoms with Gasteiger partial charge in [-0.2, -0.15) is 4.98 Å². The fourth-order valence-corrected chi connectivity index (χ4v) is 6.56. The maximum Gasteiger partial charge on any atom is 0.230 e. The van der Waals surface area contributed by atoms with Crippen molar-refractivity contribution in [1.82, 2.24) is 20.2 Å². The van der Waals surface area contributed by atoms with E-state index in [0.29, 0.717) is 29.2 Å². The second kappa shape index (κ2) is 14.1. The highest BCUT2D eigenvalue weighted by Crippen LogP contribution is 2.39. The van der Waals surface area contributed by atoms with Crippen molar-refractivity contribution in [2.45, 2.75) is 32.2 Å². The topological polar surface area (TPSA) is 133 Å². The van der Waals surface area contributed by atoms with Crippen molar-refractivity contribution < 1.29 is 17.9 Å². The Balaban J connectivity index is 1.36. The number of benzene rings is 2. The van der Waals surface area contributed by atoms with Gasteiger partial charge in [-0.25, -0.2) is 13.4 Å².